The normalized spacial score (nSPS) is 22.5. The van der Waals surface area contributed by atoms with Crippen molar-refractivity contribution >= 4 is 17.5 Å². The second-order valence-electron chi connectivity index (χ2n) is 6.41. The molecule has 6 nitrogen and oxygen atoms in total. The van der Waals surface area contributed by atoms with Crippen molar-refractivity contribution in [2.24, 2.45) is 0 Å². The van der Waals surface area contributed by atoms with Crippen molar-refractivity contribution in [3.05, 3.63) is 29.8 Å². The first-order valence-electron chi connectivity index (χ1n) is 8.14. The van der Waals surface area contributed by atoms with Crippen molar-refractivity contribution in [2.75, 3.05) is 51.7 Å². The van der Waals surface area contributed by atoms with Gasteiger partial charge in [0.1, 0.15) is 6.04 Å². The van der Waals surface area contributed by atoms with Gasteiger partial charge in [-0.15, -0.1) is 0 Å². The minimum atomic E-state index is -0.384. The molecule has 0 aliphatic carbocycles. The van der Waals surface area contributed by atoms with Crippen LogP contribution < -0.4 is 10.2 Å². The third-order valence-corrected chi connectivity index (χ3v) is 4.73. The van der Waals surface area contributed by atoms with E-state index in [-0.39, 0.29) is 17.9 Å². The topological polar surface area (TPSA) is 55.9 Å². The molecule has 1 aromatic carbocycles. The fourth-order valence-corrected chi connectivity index (χ4v) is 3.09. The van der Waals surface area contributed by atoms with Gasteiger partial charge in [0.15, 0.2) is 0 Å². The van der Waals surface area contributed by atoms with Crippen LogP contribution in [0.4, 0.5) is 5.69 Å². The SMILES string of the molecule is CN1CCN(c2ccc(C(=O)N[C@@H]3CCN(C)C3=O)cc2)CC1. The summed E-state index contributed by atoms with van der Waals surface area (Å²) in [7, 11) is 3.89. The zero-order chi connectivity index (χ0) is 16.4. The number of carbonyl (C=O) groups excluding carboxylic acids is 2. The van der Waals surface area contributed by atoms with E-state index in [9.17, 15) is 9.59 Å². The summed E-state index contributed by atoms with van der Waals surface area (Å²) in [5.41, 5.74) is 1.75. The highest BCUT2D eigenvalue weighted by Crippen LogP contribution is 2.17. The third kappa shape index (κ3) is 3.47. The molecule has 0 spiro atoms. The molecule has 1 N–H and O–H groups in total. The molecule has 2 fully saturated rings. The second kappa shape index (κ2) is 6.58. The van der Waals surface area contributed by atoms with E-state index in [4.69, 9.17) is 0 Å². The number of piperazine rings is 1. The van der Waals surface area contributed by atoms with Crippen LogP contribution in [0.2, 0.25) is 0 Å². The number of hydrogen-bond donors (Lipinski definition) is 1. The largest absolute Gasteiger partial charge is 0.369 e. The number of carbonyl (C=O) groups is 2. The lowest BCUT2D eigenvalue weighted by Crippen LogP contribution is -2.44. The van der Waals surface area contributed by atoms with Crippen molar-refractivity contribution < 1.29 is 9.59 Å². The molecule has 0 bridgehead atoms. The zero-order valence-corrected chi connectivity index (χ0v) is 13.8. The van der Waals surface area contributed by atoms with Gasteiger partial charge in [-0.1, -0.05) is 0 Å². The van der Waals surface area contributed by atoms with E-state index in [0.29, 0.717) is 18.5 Å². The van der Waals surface area contributed by atoms with Gasteiger partial charge in [-0.2, -0.15) is 0 Å². The van der Waals surface area contributed by atoms with Gasteiger partial charge in [0.2, 0.25) is 5.91 Å². The van der Waals surface area contributed by atoms with Gasteiger partial charge < -0.3 is 20.0 Å². The van der Waals surface area contributed by atoms with Crippen LogP contribution in [-0.4, -0.2) is 74.5 Å². The van der Waals surface area contributed by atoms with E-state index in [2.05, 4.69) is 22.2 Å². The molecule has 2 saturated heterocycles. The van der Waals surface area contributed by atoms with Gasteiger partial charge in [-0.3, -0.25) is 9.59 Å². The maximum absolute atomic E-state index is 12.3. The smallest absolute Gasteiger partial charge is 0.251 e. The number of nitrogens with zero attached hydrogens (tertiary/aromatic N) is 3. The minimum Gasteiger partial charge on any atom is -0.369 e. The number of nitrogens with one attached hydrogen (secondary N) is 1. The van der Waals surface area contributed by atoms with Gasteiger partial charge in [-0.05, 0) is 37.7 Å². The van der Waals surface area contributed by atoms with Crippen LogP contribution >= 0.6 is 0 Å². The average molecular weight is 316 g/mol. The molecule has 3 rings (SSSR count). The van der Waals surface area contributed by atoms with Crippen LogP contribution in [0.3, 0.4) is 0 Å². The van der Waals surface area contributed by atoms with Gasteiger partial charge in [0.05, 0.1) is 0 Å². The highest BCUT2D eigenvalue weighted by atomic mass is 16.2. The predicted octanol–water partition coefficient (Wildman–Crippen LogP) is 0.399. The molecule has 0 aromatic heterocycles. The van der Waals surface area contributed by atoms with E-state index >= 15 is 0 Å². The summed E-state index contributed by atoms with van der Waals surface area (Å²) in [6.45, 7) is 4.82. The number of amides is 2. The number of benzene rings is 1. The lowest BCUT2D eigenvalue weighted by molar-refractivity contribution is -0.128. The molecule has 2 aliphatic heterocycles. The first-order chi connectivity index (χ1) is 11.0. The number of hydrogen-bond acceptors (Lipinski definition) is 4. The van der Waals surface area contributed by atoms with Gasteiger partial charge in [-0.25, -0.2) is 0 Å². The Labute approximate surface area is 137 Å². The number of anilines is 1. The lowest BCUT2D eigenvalue weighted by Gasteiger charge is -2.34. The Morgan fingerprint density at radius 2 is 1.70 bits per heavy atom. The number of likely N-dealkylation sites (N-methyl/N-ethyl adjacent to an activating group) is 2. The Morgan fingerprint density at radius 1 is 1.04 bits per heavy atom. The van der Waals surface area contributed by atoms with E-state index in [1.54, 1.807) is 11.9 Å². The highest BCUT2D eigenvalue weighted by molar-refractivity contribution is 5.98. The third-order valence-electron chi connectivity index (χ3n) is 4.73. The van der Waals surface area contributed by atoms with Crippen LogP contribution in [-0.2, 0) is 4.79 Å². The first-order valence-corrected chi connectivity index (χ1v) is 8.14. The van der Waals surface area contributed by atoms with E-state index in [1.165, 1.54) is 0 Å². The van der Waals surface area contributed by atoms with Crippen LogP contribution in [0.25, 0.3) is 0 Å². The number of likely N-dealkylation sites (tertiary alicyclic amines) is 1. The molecule has 1 atom stereocenters. The Morgan fingerprint density at radius 3 is 2.26 bits per heavy atom. The van der Waals surface area contributed by atoms with Gasteiger partial charge in [0, 0.05) is 51.0 Å². The predicted molar refractivity (Wildman–Crippen MR) is 89.7 cm³/mol. The minimum absolute atomic E-state index is 0.00703. The molecule has 124 valence electrons. The van der Waals surface area contributed by atoms with Gasteiger partial charge >= 0.3 is 0 Å². The summed E-state index contributed by atoms with van der Waals surface area (Å²) < 4.78 is 0. The summed E-state index contributed by atoms with van der Waals surface area (Å²) in [6.07, 6.45) is 0.681. The summed E-state index contributed by atoms with van der Waals surface area (Å²) in [5, 5.41) is 2.83. The lowest BCUT2D eigenvalue weighted by atomic mass is 10.1. The molecular formula is C17H24N4O2. The summed E-state index contributed by atoms with van der Waals surface area (Å²) in [6, 6.07) is 7.27. The Bertz CT molecular complexity index is 579. The van der Waals surface area contributed by atoms with Crippen molar-refractivity contribution in [3.63, 3.8) is 0 Å². The van der Waals surface area contributed by atoms with Crippen LogP contribution in [0.15, 0.2) is 24.3 Å². The quantitative estimate of drug-likeness (QED) is 0.877. The Balaban J connectivity index is 1.60. The summed E-state index contributed by atoms with van der Waals surface area (Å²) in [4.78, 5) is 30.4. The molecule has 0 unspecified atom stereocenters. The zero-order valence-electron chi connectivity index (χ0n) is 13.8. The second-order valence-corrected chi connectivity index (χ2v) is 6.41. The molecule has 2 aliphatic rings. The average Bonchev–Trinajstić information content (AvgIpc) is 2.88. The van der Waals surface area contributed by atoms with Crippen molar-refractivity contribution in [3.8, 4) is 0 Å². The van der Waals surface area contributed by atoms with Crippen molar-refractivity contribution in [2.45, 2.75) is 12.5 Å². The maximum atomic E-state index is 12.3. The standard InChI is InChI=1S/C17H24N4O2/c1-19-9-11-21(12-10-19)14-5-3-13(4-6-14)16(22)18-15-7-8-20(2)17(15)23/h3-6,15H,7-12H2,1-2H3,(H,18,22)/t15-/m1/s1. The Hall–Kier alpha value is -2.08. The maximum Gasteiger partial charge on any atom is 0.251 e. The summed E-state index contributed by atoms with van der Waals surface area (Å²) in [5.74, 6) is -0.184. The molecule has 2 amide bonds. The van der Waals surface area contributed by atoms with Crippen LogP contribution in [0.1, 0.15) is 16.8 Å². The van der Waals surface area contributed by atoms with Crippen molar-refractivity contribution in [1.29, 1.82) is 0 Å². The molecule has 1 aromatic rings. The first kappa shape index (κ1) is 15.8. The van der Waals surface area contributed by atoms with Crippen LogP contribution in [0, 0.1) is 0 Å². The fraction of sp³-hybridized carbons (Fsp3) is 0.529. The van der Waals surface area contributed by atoms with Gasteiger partial charge in [0.25, 0.3) is 5.91 Å². The monoisotopic (exact) mass is 316 g/mol. The molecular weight excluding hydrogens is 292 g/mol. The van der Waals surface area contributed by atoms with Crippen LogP contribution in [0.5, 0.6) is 0 Å². The molecule has 0 saturated carbocycles. The van der Waals surface area contributed by atoms with Crippen molar-refractivity contribution in [1.82, 2.24) is 15.1 Å². The van der Waals surface area contributed by atoms with E-state index in [1.807, 2.05) is 24.3 Å². The molecule has 23 heavy (non-hydrogen) atoms. The fourth-order valence-electron chi connectivity index (χ4n) is 3.09. The Kier molecular flexibility index (Phi) is 4.52. The number of rotatable bonds is 3. The molecule has 2 heterocycles. The summed E-state index contributed by atoms with van der Waals surface area (Å²) >= 11 is 0. The van der Waals surface area contributed by atoms with E-state index < -0.39 is 0 Å². The molecule has 0 radical (unpaired) electrons. The molecule has 6 heteroatoms. The highest BCUT2D eigenvalue weighted by Gasteiger charge is 2.30. The van der Waals surface area contributed by atoms with E-state index in [0.717, 1.165) is 31.9 Å².